The van der Waals surface area contributed by atoms with Crippen molar-refractivity contribution in [2.75, 3.05) is 18.6 Å². The maximum atomic E-state index is 8.57. The number of amidine groups is 1. The number of oxime groups is 1. The van der Waals surface area contributed by atoms with Gasteiger partial charge in [0.2, 0.25) is 5.88 Å². The quantitative estimate of drug-likeness (QED) is 0.343. The Hall–Kier alpha value is -1.98. The highest BCUT2D eigenvalue weighted by molar-refractivity contribution is 5.80. The minimum absolute atomic E-state index is 0.252. The van der Waals surface area contributed by atoms with Crippen LogP contribution in [0.1, 0.15) is 19.3 Å². The molecule has 1 fully saturated rings. The normalized spacial score (nSPS) is 15.5. The van der Waals surface area contributed by atoms with Crippen LogP contribution in [0.15, 0.2) is 23.5 Å². The highest BCUT2D eigenvalue weighted by Gasteiger charge is 2.29. The average molecular weight is 250 g/mol. The van der Waals surface area contributed by atoms with Crippen molar-refractivity contribution in [3.05, 3.63) is 18.3 Å². The molecule has 1 heterocycles. The van der Waals surface area contributed by atoms with Gasteiger partial charge in [-0.25, -0.2) is 4.98 Å². The summed E-state index contributed by atoms with van der Waals surface area (Å²) in [6.45, 7) is 0.730. The molecule has 6 nitrogen and oxygen atoms in total. The fraction of sp³-hybridized carbons (Fsp3) is 0.500. The van der Waals surface area contributed by atoms with Gasteiger partial charge in [-0.15, -0.1) is 0 Å². The zero-order valence-corrected chi connectivity index (χ0v) is 10.4. The first-order chi connectivity index (χ1) is 8.74. The molecule has 0 spiro atoms. The van der Waals surface area contributed by atoms with Crippen molar-refractivity contribution in [3.63, 3.8) is 0 Å². The van der Waals surface area contributed by atoms with E-state index >= 15 is 0 Å². The first kappa shape index (κ1) is 12.5. The molecule has 98 valence electrons. The van der Waals surface area contributed by atoms with Crippen molar-refractivity contribution in [3.8, 4) is 5.88 Å². The first-order valence-corrected chi connectivity index (χ1v) is 5.97. The Labute approximate surface area is 106 Å². The van der Waals surface area contributed by atoms with Gasteiger partial charge in [0.25, 0.3) is 0 Å². The molecular weight excluding hydrogens is 232 g/mol. The maximum Gasteiger partial charge on any atom is 0.214 e. The molecule has 0 atom stereocenters. The minimum Gasteiger partial charge on any atom is -0.481 e. The van der Waals surface area contributed by atoms with E-state index in [1.54, 1.807) is 13.3 Å². The van der Waals surface area contributed by atoms with Crippen molar-refractivity contribution in [2.45, 2.75) is 25.3 Å². The van der Waals surface area contributed by atoms with Gasteiger partial charge in [0.15, 0.2) is 0 Å². The molecule has 0 unspecified atom stereocenters. The van der Waals surface area contributed by atoms with Crippen LogP contribution in [0.5, 0.6) is 5.88 Å². The van der Waals surface area contributed by atoms with Gasteiger partial charge in [0.05, 0.1) is 7.11 Å². The molecule has 1 aromatic rings. The lowest BCUT2D eigenvalue weighted by Crippen LogP contribution is -2.30. The van der Waals surface area contributed by atoms with Gasteiger partial charge >= 0.3 is 0 Å². The molecule has 0 aliphatic heterocycles. The van der Waals surface area contributed by atoms with Crippen molar-refractivity contribution in [1.29, 1.82) is 0 Å². The number of rotatable bonds is 6. The smallest absolute Gasteiger partial charge is 0.214 e. The van der Waals surface area contributed by atoms with E-state index in [0.29, 0.717) is 18.3 Å². The summed E-state index contributed by atoms with van der Waals surface area (Å²) >= 11 is 0. The molecule has 0 saturated heterocycles. The number of ether oxygens (including phenoxy) is 1. The summed E-state index contributed by atoms with van der Waals surface area (Å²) in [7, 11) is 1.60. The Morgan fingerprint density at radius 1 is 1.67 bits per heavy atom. The monoisotopic (exact) mass is 250 g/mol. The molecule has 1 aliphatic rings. The standard InChI is InChI=1S/C12H18N4O2/c1-18-12-8-10(4-6-14-12)16(9-2-3-9)7-5-11(13)15-17/h4,6,8-9,17H,2-3,5,7H2,1H3,(H2,13,15). The maximum absolute atomic E-state index is 8.57. The molecular formula is C12H18N4O2. The second kappa shape index (κ2) is 5.57. The lowest BCUT2D eigenvalue weighted by atomic mass is 10.3. The molecule has 0 radical (unpaired) electrons. The van der Waals surface area contributed by atoms with E-state index in [9.17, 15) is 0 Å². The fourth-order valence-corrected chi connectivity index (χ4v) is 1.88. The summed E-state index contributed by atoms with van der Waals surface area (Å²) in [6.07, 6.45) is 4.63. The largest absolute Gasteiger partial charge is 0.481 e. The molecule has 0 aromatic carbocycles. The molecule has 0 bridgehead atoms. The average Bonchev–Trinajstić information content (AvgIpc) is 3.23. The second-order valence-electron chi connectivity index (χ2n) is 4.32. The topological polar surface area (TPSA) is 84.0 Å². The highest BCUT2D eigenvalue weighted by Crippen LogP contribution is 2.32. The van der Waals surface area contributed by atoms with Gasteiger partial charge in [0, 0.05) is 37.0 Å². The molecule has 18 heavy (non-hydrogen) atoms. The number of nitrogens with two attached hydrogens (primary N) is 1. The number of hydrogen-bond acceptors (Lipinski definition) is 5. The van der Waals surface area contributed by atoms with Crippen LogP contribution in [0.2, 0.25) is 0 Å². The number of nitrogens with zero attached hydrogens (tertiary/aromatic N) is 3. The van der Waals surface area contributed by atoms with Gasteiger partial charge in [-0.2, -0.15) is 0 Å². The van der Waals surface area contributed by atoms with E-state index in [0.717, 1.165) is 12.2 Å². The third-order valence-corrected chi connectivity index (χ3v) is 2.98. The van der Waals surface area contributed by atoms with Gasteiger partial charge in [-0.3, -0.25) is 0 Å². The van der Waals surface area contributed by atoms with Crippen molar-refractivity contribution >= 4 is 11.5 Å². The zero-order valence-electron chi connectivity index (χ0n) is 10.4. The van der Waals surface area contributed by atoms with Crippen LogP contribution in [0.25, 0.3) is 0 Å². The molecule has 1 saturated carbocycles. The van der Waals surface area contributed by atoms with Gasteiger partial charge in [0.1, 0.15) is 5.84 Å². The summed E-state index contributed by atoms with van der Waals surface area (Å²) in [4.78, 5) is 6.35. The van der Waals surface area contributed by atoms with Crippen LogP contribution < -0.4 is 15.4 Å². The molecule has 1 aliphatic carbocycles. The summed E-state index contributed by atoms with van der Waals surface area (Å²) in [5.74, 6) is 0.851. The lowest BCUT2D eigenvalue weighted by molar-refractivity contribution is 0.317. The molecule has 3 N–H and O–H groups in total. The van der Waals surface area contributed by atoms with Crippen molar-refractivity contribution < 1.29 is 9.94 Å². The Morgan fingerprint density at radius 2 is 2.44 bits per heavy atom. The first-order valence-electron chi connectivity index (χ1n) is 5.97. The van der Waals surface area contributed by atoms with Gasteiger partial charge in [-0.05, 0) is 18.9 Å². The van der Waals surface area contributed by atoms with E-state index in [1.165, 1.54) is 12.8 Å². The van der Waals surface area contributed by atoms with Crippen LogP contribution in [-0.4, -0.2) is 35.7 Å². The highest BCUT2D eigenvalue weighted by atomic mass is 16.5. The molecule has 1 aromatic heterocycles. The van der Waals surface area contributed by atoms with Crippen molar-refractivity contribution in [2.24, 2.45) is 10.9 Å². The minimum atomic E-state index is 0.252. The summed E-state index contributed by atoms with van der Waals surface area (Å²) in [6, 6.07) is 4.40. The van der Waals surface area contributed by atoms with E-state index in [2.05, 4.69) is 15.0 Å². The number of aromatic nitrogens is 1. The number of pyridine rings is 1. The second-order valence-corrected chi connectivity index (χ2v) is 4.32. The zero-order chi connectivity index (χ0) is 13.0. The Morgan fingerprint density at radius 3 is 3.06 bits per heavy atom. The lowest BCUT2D eigenvalue weighted by Gasteiger charge is -2.24. The predicted molar refractivity (Wildman–Crippen MR) is 69.2 cm³/mol. The summed E-state index contributed by atoms with van der Waals surface area (Å²) in [5, 5.41) is 11.6. The van der Waals surface area contributed by atoms with Gasteiger partial charge in [-0.1, -0.05) is 5.16 Å². The summed E-state index contributed by atoms with van der Waals surface area (Å²) < 4.78 is 5.13. The SMILES string of the molecule is COc1cc(N(CC/C(N)=N/O)C2CC2)ccn1. The number of anilines is 1. The third-order valence-electron chi connectivity index (χ3n) is 2.98. The van der Waals surface area contributed by atoms with Gasteiger partial charge < -0.3 is 20.6 Å². The van der Waals surface area contributed by atoms with Crippen molar-refractivity contribution in [1.82, 2.24) is 4.98 Å². The van der Waals surface area contributed by atoms with E-state index in [4.69, 9.17) is 15.7 Å². The Bertz CT molecular complexity index is 432. The number of methoxy groups -OCH3 is 1. The predicted octanol–water partition coefficient (Wildman–Crippen LogP) is 1.20. The van der Waals surface area contributed by atoms with Crippen LogP contribution in [-0.2, 0) is 0 Å². The molecule has 0 amide bonds. The number of hydrogen-bond donors (Lipinski definition) is 2. The molecule has 2 rings (SSSR count). The fourth-order valence-electron chi connectivity index (χ4n) is 1.88. The Kier molecular flexibility index (Phi) is 3.86. The van der Waals surface area contributed by atoms with E-state index in [1.807, 2.05) is 12.1 Å². The third kappa shape index (κ3) is 3.03. The van der Waals surface area contributed by atoms with E-state index < -0.39 is 0 Å². The molecule has 6 heteroatoms. The van der Waals surface area contributed by atoms with Crippen LogP contribution in [0, 0.1) is 0 Å². The van der Waals surface area contributed by atoms with Crippen LogP contribution in [0.3, 0.4) is 0 Å². The Balaban J connectivity index is 2.08. The van der Waals surface area contributed by atoms with E-state index in [-0.39, 0.29) is 5.84 Å². The van der Waals surface area contributed by atoms with Crippen LogP contribution >= 0.6 is 0 Å². The summed E-state index contributed by atoms with van der Waals surface area (Å²) in [5.41, 5.74) is 6.58. The van der Waals surface area contributed by atoms with Crippen LogP contribution in [0.4, 0.5) is 5.69 Å².